The van der Waals surface area contributed by atoms with Crippen LogP contribution in [0.3, 0.4) is 0 Å². The number of amides is 2. The van der Waals surface area contributed by atoms with E-state index in [1.54, 1.807) is 0 Å². The molecular formula is C23H26N4O2. The number of imidazole rings is 1. The highest BCUT2D eigenvalue weighted by molar-refractivity contribution is 5.82. The molecule has 1 N–H and O–H groups in total. The number of hydrogen-bond donors (Lipinski definition) is 1. The van der Waals surface area contributed by atoms with Gasteiger partial charge in [0.05, 0.1) is 24.1 Å². The van der Waals surface area contributed by atoms with Crippen LogP contribution in [0.15, 0.2) is 36.4 Å². The Morgan fingerprint density at radius 2 is 2.00 bits per heavy atom. The lowest BCUT2D eigenvalue weighted by Crippen LogP contribution is -2.45. The number of nitrogens with zero attached hydrogens (tertiary/aromatic N) is 3. The monoisotopic (exact) mass is 390 g/mol. The smallest absolute Gasteiger partial charge is 0.320 e. The van der Waals surface area contributed by atoms with Crippen LogP contribution in [-0.4, -0.2) is 51.5 Å². The lowest BCUT2D eigenvalue weighted by molar-refractivity contribution is 0.144. The Labute approximate surface area is 170 Å². The van der Waals surface area contributed by atoms with Crippen molar-refractivity contribution in [1.29, 1.82) is 0 Å². The summed E-state index contributed by atoms with van der Waals surface area (Å²) in [6.07, 6.45) is 2.18. The van der Waals surface area contributed by atoms with Gasteiger partial charge in [-0.1, -0.05) is 12.1 Å². The number of nitrogens with one attached hydrogen (secondary N) is 1. The SMILES string of the molecule is Cc1nc2ccc(-c3ccc4c(c3)CN(C(=O)N3CCCC3C)CCO4)cc2[nH]1. The molecule has 3 aromatic rings. The maximum absolute atomic E-state index is 13.1. The predicted molar refractivity (Wildman–Crippen MR) is 113 cm³/mol. The molecule has 2 amide bonds. The second kappa shape index (κ2) is 7.10. The van der Waals surface area contributed by atoms with Crippen LogP contribution >= 0.6 is 0 Å². The normalized spacial score (nSPS) is 19.2. The number of hydrogen-bond acceptors (Lipinski definition) is 3. The first kappa shape index (κ1) is 18.0. The summed E-state index contributed by atoms with van der Waals surface area (Å²) in [6.45, 7) is 6.68. The highest BCUT2D eigenvalue weighted by Gasteiger charge is 2.30. The average Bonchev–Trinajstić information content (AvgIpc) is 3.23. The lowest BCUT2D eigenvalue weighted by atomic mass is 10.0. The molecular weight excluding hydrogens is 364 g/mol. The zero-order valence-electron chi connectivity index (χ0n) is 16.9. The van der Waals surface area contributed by atoms with Gasteiger partial charge in [0.1, 0.15) is 18.2 Å². The number of urea groups is 1. The summed E-state index contributed by atoms with van der Waals surface area (Å²) in [6, 6.07) is 13.0. The fraction of sp³-hybridized carbons (Fsp3) is 0.391. The summed E-state index contributed by atoms with van der Waals surface area (Å²) < 4.78 is 5.95. The number of H-pyrrole nitrogens is 1. The van der Waals surface area contributed by atoms with E-state index < -0.39 is 0 Å². The largest absolute Gasteiger partial charge is 0.491 e. The Hall–Kier alpha value is -3.02. The Kier molecular flexibility index (Phi) is 4.42. The molecule has 6 nitrogen and oxygen atoms in total. The summed E-state index contributed by atoms with van der Waals surface area (Å²) in [5, 5.41) is 0. The number of carbonyl (C=O) groups is 1. The molecule has 1 atom stereocenters. The van der Waals surface area contributed by atoms with E-state index in [1.165, 1.54) is 0 Å². The van der Waals surface area contributed by atoms with Crippen LogP contribution in [0.5, 0.6) is 5.75 Å². The van der Waals surface area contributed by atoms with Gasteiger partial charge in [0.15, 0.2) is 0 Å². The lowest BCUT2D eigenvalue weighted by Gasteiger charge is -2.29. The first-order chi connectivity index (χ1) is 14.1. The summed E-state index contributed by atoms with van der Waals surface area (Å²) in [7, 11) is 0. The second-order valence-electron chi connectivity index (χ2n) is 8.11. The molecule has 1 saturated heterocycles. The molecule has 2 aliphatic rings. The van der Waals surface area contributed by atoms with Gasteiger partial charge in [-0.25, -0.2) is 9.78 Å². The van der Waals surface area contributed by atoms with Crippen LogP contribution in [0.2, 0.25) is 0 Å². The van der Waals surface area contributed by atoms with Gasteiger partial charge < -0.3 is 19.5 Å². The average molecular weight is 390 g/mol. The van der Waals surface area contributed by atoms with Crippen molar-refractivity contribution in [2.24, 2.45) is 0 Å². The van der Waals surface area contributed by atoms with E-state index in [0.717, 1.165) is 58.7 Å². The van der Waals surface area contributed by atoms with Crippen LogP contribution in [0.1, 0.15) is 31.2 Å². The number of rotatable bonds is 1. The van der Waals surface area contributed by atoms with E-state index in [9.17, 15) is 4.79 Å². The first-order valence-electron chi connectivity index (χ1n) is 10.4. The van der Waals surface area contributed by atoms with Crippen LogP contribution in [0.4, 0.5) is 4.79 Å². The summed E-state index contributed by atoms with van der Waals surface area (Å²) in [4.78, 5) is 24.8. The van der Waals surface area contributed by atoms with Crippen LogP contribution in [-0.2, 0) is 6.54 Å². The third kappa shape index (κ3) is 3.33. The van der Waals surface area contributed by atoms with Crippen molar-refractivity contribution in [3.05, 3.63) is 47.8 Å². The fourth-order valence-corrected chi connectivity index (χ4v) is 4.45. The maximum atomic E-state index is 13.1. The van der Waals surface area contributed by atoms with Gasteiger partial charge in [-0.05, 0) is 62.1 Å². The molecule has 1 unspecified atom stereocenters. The van der Waals surface area contributed by atoms with Crippen molar-refractivity contribution in [2.45, 2.75) is 39.3 Å². The minimum atomic E-state index is 0.131. The van der Waals surface area contributed by atoms with E-state index in [0.29, 0.717) is 25.7 Å². The van der Waals surface area contributed by atoms with Crippen molar-refractivity contribution < 1.29 is 9.53 Å². The molecule has 0 spiro atoms. The van der Waals surface area contributed by atoms with Crippen molar-refractivity contribution in [3.8, 4) is 16.9 Å². The molecule has 150 valence electrons. The Balaban J connectivity index is 1.44. The van der Waals surface area contributed by atoms with E-state index in [4.69, 9.17) is 4.74 Å². The van der Waals surface area contributed by atoms with Crippen LogP contribution in [0, 0.1) is 6.92 Å². The quantitative estimate of drug-likeness (QED) is 0.672. The summed E-state index contributed by atoms with van der Waals surface area (Å²) in [5.41, 5.74) is 5.30. The van der Waals surface area contributed by atoms with Gasteiger partial charge in [-0.3, -0.25) is 0 Å². The van der Waals surface area contributed by atoms with E-state index in [1.807, 2.05) is 28.9 Å². The molecule has 1 aromatic heterocycles. The molecule has 2 aromatic carbocycles. The van der Waals surface area contributed by atoms with Crippen LogP contribution in [0.25, 0.3) is 22.2 Å². The van der Waals surface area contributed by atoms with Crippen molar-refractivity contribution in [2.75, 3.05) is 19.7 Å². The number of aromatic nitrogens is 2. The van der Waals surface area contributed by atoms with E-state index in [-0.39, 0.29) is 6.03 Å². The highest BCUT2D eigenvalue weighted by atomic mass is 16.5. The van der Waals surface area contributed by atoms with Gasteiger partial charge in [-0.2, -0.15) is 0 Å². The molecule has 0 radical (unpaired) electrons. The van der Waals surface area contributed by atoms with E-state index in [2.05, 4.69) is 41.2 Å². The molecule has 3 heterocycles. The molecule has 0 saturated carbocycles. The number of aryl methyl sites for hydroxylation is 1. The van der Waals surface area contributed by atoms with Gasteiger partial charge >= 0.3 is 6.03 Å². The first-order valence-corrected chi connectivity index (χ1v) is 10.4. The summed E-state index contributed by atoms with van der Waals surface area (Å²) >= 11 is 0. The number of likely N-dealkylation sites (tertiary alicyclic amines) is 1. The molecule has 5 rings (SSSR count). The zero-order valence-corrected chi connectivity index (χ0v) is 16.9. The zero-order chi connectivity index (χ0) is 20.0. The number of carbonyl (C=O) groups excluding carboxylic acids is 1. The molecule has 0 aliphatic carbocycles. The number of ether oxygens (including phenoxy) is 1. The minimum Gasteiger partial charge on any atom is -0.491 e. The van der Waals surface area contributed by atoms with E-state index >= 15 is 0 Å². The molecule has 6 heteroatoms. The predicted octanol–water partition coefficient (Wildman–Crippen LogP) is 4.34. The third-order valence-corrected chi connectivity index (χ3v) is 6.04. The summed E-state index contributed by atoms with van der Waals surface area (Å²) in [5.74, 6) is 1.79. The topological polar surface area (TPSA) is 61.5 Å². The molecule has 1 fully saturated rings. The van der Waals surface area contributed by atoms with Crippen molar-refractivity contribution >= 4 is 17.1 Å². The van der Waals surface area contributed by atoms with Crippen molar-refractivity contribution in [1.82, 2.24) is 19.8 Å². The third-order valence-electron chi connectivity index (χ3n) is 6.04. The van der Waals surface area contributed by atoms with Gasteiger partial charge in [0, 0.05) is 18.2 Å². The Morgan fingerprint density at radius 3 is 2.83 bits per heavy atom. The molecule has 0 bridgehead atoms. The Bertz CT molecular complexity index is 1070. The number of aromatic amines is 1. The molecule has 2 aliphatic heterocycles. The van der Waals surface area contributed by atoms with Crippen LogP contribution < -0.4 is 4.74 Å². The maximum Gasteiger partial charge on any atom is 0.320 e. The molecule has 29 heavy (non-hydrogen) atoms. The highest BCUT2D eigenvalue weighted by Crippen LogP contribution is 2.31. The van der Waals surface area contributed by atoms with Gasteiger partial charge in [0.25, 0.3) is 0 Å². The minimum absolute atomic E-state index is 0.131. The van der Waals surface area contributed by atoms with Crippen molar-refractivity contribution in [3.63, 3.8) is 0 Å². The fourth-order valence-electron chi connectivity index (χ4n) is 4.45. The standard InChI is InChI=1S/C23H26N4O2/c1-15-4-3-9-27(15)23(28)26-10-11-29-22-8-6-17(12-19(22)14-26)18-5-7-20-21(13-18)25-16(2)24-20/h5-8,12-13,15H,3-4,9-11,14H2,1-2H3,(H,24,25). The second-order valence-corrected chi connectivity index (χ2v) is 8.11. The van der Waals surface area contributed by atoms with Gasteiger partial charge in [0.2, 0.25) is 0 Å². The van der Waals surface area contributed by atoms with Gasteiger partial charge in [-0.15, -0.1) is 0 Å². The number of benzene rings is 2. The number of fused-ring (bicyclic) bond motifs is 2. The Morgan fingerprint density at radius 1 is 1.17 bits per heavy atom.